The minimum absolute atomic E-state index is 0.0748. The summed E-state index contributed by atoms with van der Waals surface area (Å²) in [6.07, 6.45) is -0.598. The van der Waals surface area contributed by atoms with Crippen LogP contribution in [-0.4, -0.2) is 62.3 Å². The second kappa shape index (κ2) is 9.35. The van der Waals surface area contributed by atoms with E-state index < -0.39 is 23.6 Å². The Bertz CT molecular complexity index is 1150. The second-order valence-corrected chi connectivity index (χ2v) is 11.6. The monoisotopic (exact) mass is 498 g/mol. The molecule has 2 aliphatic rings. The summed E-state index contributed by atoms with van der Waals surface area (Å²) >= 11 is 1.60. The van der Waals surface area contributed by atoms with E-state index in [-0.39, 0.29) is 36.7 Å². The highest BCUT2D eigenvalue weighted by Crippen LogP contribution is 2.39. The molecule has 4 rings (SSSR count). The maximum Gasteiger partial charge on any atom is 0.246 e. The van der Waals surface area contributed by atoms with Gasteiger partial charge >= 0.3 is 0 Å². The molecular formula is C26H34N4O4S. The number of amides is 3. The average Bonchev–Trinajstić information content (AvgIpc) is 3.47. The number of likely N-dealkylation sites (tertiary alicyclic amines) is 1. The highest BCUT2D eigenvalue weighted by molar-refractivity contribution is 7.13. The molecule has 9 heteroatoms. The smallest absolute Gasteiger partial charge is 0.246 e. The van der Waals surface area contributed by atoms with Gasteiger partial charge in [0, 0.05) is 26.4 Å². The van der Waals surface area contributed by atoms with Gasteiger partial charge in [0.1, 0.15) is 12.1 Å². The predicted molar refractivity (Wildman–Crippen MR) is 134 cm³/mol. The number of β-amino-alcohol motifs (C(OH)–C–C–N with tert-alkyl or cyclic N) is 1. The molecule has 1 fully saturated rings. The molecule has 0 aliphatic carbocycles. The van der Waals surface area contributed by atoms with Gasteiger partial charge < -0.3 is 20.2 Å². The summed E-state index contributed by atoms with van der Waals surface area (Å²) in [5.74, 6) is -0.823. The Hall–Kier alpha value is -2.78. The first-order chi connectivity index (χ1) is 16.4. The first-order valence-corrected chi connectivity index (χ1v) is 12.9. The van der Waals surface area contributed by atoms with Gasteiger partial charge in [0.2, 0.25) is 17.7 Å². The summed E-state index contributed by atoms with van der Waals surface area (Å²) < 4.78 is 0. The normalized spacial score (nSPS) is 22.8. The lowest BCUT2D eigenvalue weighted by molar-refractivity contribution is -0.148. The highest BCUT2D eigenvalue weighted by Gasteiger charge is 2.46. The Labute approximate surface area is 210 Å². The number of aliphatic hydroxyl groups is 1. The molecule has 8 nitrogen and oxygen atoms in total. The molecular weight excluding hydrogens is 464 g/mol. The van der Waals surface area contributed by atoms with E-state index in [0.29, 0.717) is 6.54 Å². The fourth-order valence-corrected chi connectivity index (χ4v) is 5.91. The van der Waals surface area contributed by atoms with Crippen LogP contribution in [0.1, 0.15) is 63.9 Å². The van der Waals surface area contributed by atoms with E-state index >= 15 is 0 Å². The molecule has 0 spiro atoms. The van der Waals surface area contributed by atoms with Gasteiger partial charge in [-0.15, -0.1) is 11.3 Å². The van der Waals surface area contributed by atoms with Crippen molar-refractivity contribution in [2.24, 2.45) is 5.41 Å². The third-order valence-electron chi connectivity index (χ3n) is 7.00. The first kappa shape index (κ1) is 25.3. The van der Waals surface area contributed by atoms with E-state index in [1.54, 1.807) is 16.2 Å². The third-order valence-corrected chi connectivity index (χ3v) is 7.98. The van der Waals surface area contributed by atoms with E-state index in [2.05, 4.69) is 28.5 Å². The van der Waals surface area contributed by atoms with Crippen LogP contribution in [0, 0.1) is 12.3 Å². The fraction of sp³-hybridized carbons (Fsp3) is 0.538. The van der Waals surface area contributed by atoms with Crippen LogP contribution in [0.5, 0.6) is 0 Å². The largest absolute Gasteiger partial charge is 0.391 e. The van der Waals surface area contributed by atoms with Crippen molar-refractivity contribution < 1.29 is 19.5 Å². The number of aromatic nitrogens is 1. The van der Waals surface area contributed by atoms with Crippen molar-refractivity contribution >= 4 is 29.1 Å². The number of hydrogen-bond donors (Lipinski definition) is 2. The summed E-state index contributed by atoms with van der Waals surface area (Å²) in [6.45, 7) is 11.5. The van der Waals surface area contributed by atoms with Crippen LogP contribution >= 0.6 is 11.3 Å². The minimum Gasteiger partial charge on any atom is -0.391 e. The summed E-state index contributed by atoms with van der Waals surface area (Å²) in [4.78, 5) is 47.8. The number of aryl methyl sites for hydroxylation is 1. The van der Waals surface area contributed by atoms with Crippen LogP contribution in [-0.2, 0) is 20.9 Å². The molecule has 2 aromatic rings. The van der Waals surface area contributed by atoms with Crippen molar-refractivity contribution in [2.75, 3.05) is 6.54 Å². The number of nitrogens with one attached hydrogen (secondary N) is 1. The first-order valence-electron chi connectivity index (χ1n) is 12.0. The zero-order chi connectivity index (χ0) is 25.7. The molecule has 1 aromatic heterocycles. The van der Waals surface area contributed by atoms with Gasteiger partial charge in [0.05, 0.1) is 28.2 Å². The molecule has 2 aliphatic heterocycles. The fourth-order valence-electron chi connectivity index (χ4n) is 5.11. The van der Waals surface area contributed by atoms with Crippen molar-refractivity contribution in [3.8, 4) is 10.4 Å². The van der Waals surface area contributed by atoms with Crippen LogP contribution < -0.4 is 5.32 Å². The SMILES string of the molecule is CC(=O)N[C@H](C(=O)N1C[C@H](O)C[C@H]1C(=O)N1Cc2ccc(-c3scnc3C)cc2C1C)C(C)(C)C. The molecule has 3 heterocycles. The Morgan fingerprint density at radius 1 is 1.23 bits per heavy atom. The molecule has 0 saturated carbocycles. The van der Waals surface area contributed by atoms with Crippen LogP contribution in [0.3, 0.4) is 0 Å². The van der Waals surface area contributed by atoms with Gasteiger partial charge in [-0.1, -0.05) is 32.9 Å². The Balaban J connectivity index is 1.58. The maximum atomic E-state index is 13.8. The maximum absolute atomic E-state index is 13.8. The van der Waals surface area contributed by atoms with Crippen LogP contribution in [0.2, 0.25) is 0 Å². The standard InChI is InChI=1S/C26H34N4O4S/c1-14-22(35-13-27-14)17-7-8-18-11-29(15(2)20(18)9-17)24(33)21-10-19(32)12-30(21)25(34)23(26(4,5)6)28-16(3)31/h7-9,13,15,19,21,23,32H,10-12H2,1-6H3,(H,28,31)/t15?,19-,21+,23-/m1/s1. The number of fused-ring (bicyclic) bond motifs is 1. The zero-order valence-corrected chi connectivity index (χ0v) is 22.0. The lowest BCUT2D eigenvalue weighted by Gasteiger charge is -2.36. The lowest BCUT2D eigenvalue weighted by atomic mass is 9.85. The van der Waals surface area contributed by atoms with E-state index in [4.69, 9.17) is 0 Å². The number of benzene rings is 1. The van der Waals surface area contributed by atoms with Gasteiger partial charge in [-0.05, 0) is 42.0 Å². The average molecular weight is 499 g/mol. The van der Waals surface area contributed by atoms with Crippen molar-refractivity contribution in [3.05, 3.63) is 40.5 Å². The number of aliphatic hydroxyl groups excluding tert-OH is 1. The molecule has 1 saturated heterocycles. The number of rotatable bonds is 4. The Morgan fingerprint density at radius 2 is 1.94 bits per heavy atom. The van der Waals surface area contributed by atoms with E-state index in [9.17, 15) is 19.5 Å². The van der Waals surface area contributed by atoms with Crippen molar-refractivity contribution in [1.82, 2.24) is 20.1 Å². The summed E-state index contributed by atoms with van der Waals surface area (Å²) in [5.41, 5.74) is 5.52. The van der Waals surface area contributed by atoms with Gasteiger partial charge in [0.25, 0.3) is 0 Å². The summed E-state index contributed by atoms with van der Waals surface area (Å²) in [5, 5.41) is 13.2. The number of thiazole rings is 1. The van der Waals surface area contributed by atoms with Crippen LogP contribution in [0.25, 0.3) is 10.4 Å². The minimum atomic E-state index is -0.793. The molecule has 35 heavy (non-hydrogen) atoms. The number of carbonyl (C=O) groups excluding carboxylic acids is 3. The van der Waals surface area contributed by atoms with E-state index in [0.717, 1.165) is 27.3 Å². The predicted octanol–water partition coefficient (Wildman–Crippen LogP) is 3.03. The number of hydrogen-bond acceptors (Lipinski definition) is 6. The Morgan fingerprint density at radius 3 is 2.54 bits per heavy atom. The molecule has 0 bridgehead atoms. The van der Waals surface area contributed by atoms with Gasteiger partial charge in [-0.3, -0.25) is 14.4 Å². The Kier molecular flexibility index (Phi) is 6.76. The summed E-state index contributed by atoms with van der Waals surface area (Å²) in [6, 6.07) is 4.54. The summed E-state index contributed by atoms with van der Waals surface area (Å²) in [7, 11) is 0. The van der Waals surface area contributed by atoms with Crippen LogP contribution in [0.4, 0.5) is 0 Å². The van der Waals surface area contributed by atoms with Crippen molar-refractivity contribution in [1.29, 1.82) is 0 Å². The quantitative estimate of drug-likeness (QED) is 0.675. The van der Waals surface area contributed by atoms with E-state index in [1.807, 2.05) is 40.1 Å². The molecule has 3 amide bonds. The molecule has 2 N–H and O–H groups in total. The molecule has 188 valence electrons. The second-order valence-electron chi connectivity index (χ2n) is 10.7. The third kappa shape index (κ3) is 4.84. The highest BCUT2D eigenvalue weighted by atomic mass is 32.1. The van der Waals surface area contributed by atoms with Gasteiger partial charge in [0.15, 0.2) is 0 Å². The van der Waals surface area contributed by atoms with Crippen molar-refractivity contribution in [2.45, 2.75) is 78.7 Å². The number of carbonyl (C=O) groups is 3. The number of nitrogens with zero attached hydrogens (tertiary/aromatic N) is 3. The van der Waals surface area contributed by atoms with Crippen molar-refractivity contribution in [3.63, 3.8) is 0 Å². The van der Waals surface area contributed by atoms with E-state index in [1.165, 1.54) is 11.8 Å². The molecule has 1 aromatic carbocycles. The lowest BCUT2D eigenvalue weighted by Crippen LogP contribution is -2.57. The topological polar surface area (TPSA) is 103 Å². The zero-order valence-electron chi connectivity index (χ0n) is 21.2. The van der Waals surface area contributed by atoms with Gasteiger partial charge in [-0.25, -0.2) is 4.98 Å². The van der Waals surface area contributed by atoms with Crippen LogP contribution in [0.15, 0.2) is 23.7 Å². The van der Waals surface area contributed by atoms with Gasteiger partial charge in [-0.2, -0.15) is 0 Å². The molecule has 0 radical (unpaired) electrons. The molecule has 4 atom stereocenters. The molecule has 1 unspecified atom stereocenters.